The lowest BCUT2D eigenvalue weighted by molar-refractivity contribution is 0.0600. The summed E-state index contributed by atoms with van der Waals surface area (Å²) >= 11 is 1.67. The first-order valence-corrected chi connectivity index (χ1v) is 17.3. The lowest BCUT2D eigenvalue weighted by Gasteiger charge is -2.36. The Morgan fingerprint density at radius 2 is 1.76 bits per heavy atom. The maximum atomic E-state index is 13.5. The van der Waals surface area contributed by atoms with Gasteiger partial charge in [0.15, 0.2) is 8.32 Å². The molecule has 1 N–H and O–H groups in total. The average Bonchev–Trinajstić information content (AvgIpc) is 3.58. The molecule has 0 bridgehead atoms. The van der Waals surface area contributed by atoms with E-state index in [0.29, 0.717) is 49.6 Å². The van der Waals surface area contributed by atoms with Crippen molar-refractivity contribution in [2.75, 3.05) is 7.11 Å². The van der Waals surface area contributed by atoms with Crippen molar-refractivity contribution in [1.82, 2.24) is 25.1 Å². The molecule has 8 nitrogen and oxygen atoms in total. The summed E-state index contributed by atoms with van der Waals surface area (Å²) in [5.41, 5.74) is 2.78. The van der Waals surface area contributed by atoms with Gasteiger partial charge >= 0.3 is 5.97 Å². The summed E-state index contributed by atoms with van der Waals surface area (Å²) in [5, 5.41) is 14.5. The smallest absolute Gasteiger partial charge is 0.337 e. The number of esters is 1. The molecule has 3 aromatic heterocycles. The van der Waals surface area contributed by atoms with Gasteiger partial charge < -0.3 is 19.0 Å². The van der Waals surface area contributed by atoms with Gasteiger partial charge in [-0.3, -0.25) is 4.98 Å². The quantitative estimate of drug-likeness (QED) is 0.156. The number of halogens is 1. The fourth-order valence-electron chi connectivity index (χ4n) is 3.98. The minimum atomic E-state index is -2.00. The number of pyridine rings is 1. The Hall–Kier alpha value is -3.25. The van der Waals surface area contributed by atoms with Crippen LogP contribution in [0.3, 0.4) is 0 Å². The van der Waals surface area contributed by atoms with Crippen LogP contribution in [0.15, 0.2) is 53.9 Å². The standard InChI is InChI=1S/C30H38FN5O3SSi/c1-30(2,3)41(5,6)39-20-25-15-22(29(37)38-4)14-24(33-25)17-32-18-28-35-34-27(16-26-8-7-13-40-26)36(28)19-21-9-11-23(31)12-10-21/h7-15,32H,16-20H2,1-6H3. The van der Waals surface area contributed by atoms with Crippen molar-refractivity contribution in [3.63, 3.8) is 0 Å². The molecule has 41 heavy (non-hydrogen) atoms. The summed E-state index contributed by atoms with van der Waals surface area (Å²) < 4.78 is 26.9. The van der Waals surface area contributed by atoms with E-state index in [1.807, 2.05) is 11.4 Å². The van der Waals surface area contributed by atoms with Crippen LogP contribution in [0.5, 0.6) is 0 Å². The van der Waals surface area contributed by atoms with Gasteiger partial charge in [-0.05, 0) is 59.4 Å². The zero-order valence-corrected chi connectivity index (χ0v) is 26.3. The van der Waals surface area contributed by atoms with Crippen LogP contribution in [0.4, 0.5) is 4.39 Å². The summed E-state index contributed by atoms with van der Waals surface area (Å²) in [6.45, 7) is 12.6. The number of hydrogen-bond acceptors (Lipinski definition) is 8. The molecule has 0 aliphatic heterocycles. The third-order valence-electron chi connectivity index (χ3n) is 7.40. The number of hydrogen-bond donors (Lipinski definition) is 1. The van der Waals surface area contributed by atoms with Crippen LogP contribution < -0.4 is 5.32 Å². The van der Waals surface area contributed by atoms with E-state index < -0.39 is 14.3 Å². The minimum Gasteiger partial charge on any atom is -0.465 e. The zero-order valence-electron chi connectivity index (χ0n) is 24.5. The lowest BCUT2D eigenvalue weighted by Crippen LogP contribution is -2.40. The number of thiophene rings is 1. The van der Waals surface area contributed by atoms with Crippen LogP contribution in [-0.2, 0) is 41.8 Å². The Morgan fingerprint density at radius 3 is 2.41 bits per heavy atom. The number of carbonyl (C=O) groups is 1. The maximum absolute atomic E-state index is 13.5. The molecule has 0 radical (unpaired) electrons. The number of nitrogens with one attached hydrogen (secondary N) is 1. The SMILES string of the molecule is COC(=O)c1cc(CNCc2nnc(Cc3cccs3)n2Cc2ccc(F)cc2)nc(CO[Si](C)(C)C(C)(C)C)c1. The second-order valence-corrected chi connectivity index (χ2v) is 17.3. The van der Waals surface area contributed by atoms with Crippen LogP contribution in [0.2, 0.25) is 18.1 Å². The maximum Gasteiger partial charge on any atom is 0.337 e. The lowest BCUT2D eigenvalue weighted by atomic mass is 10.2. The molecule has 0 amide bonds. The third kappa shape index (κ3) is 8.16. The van der Waals surface area contributed by atoms with E-state index in [4.69, 9.17) is 14.1 Å². The van der Waals surface area contributed by atoms with Crippen molar-refractivity contribution >= 4 is 25.6 Å². The van der Waals surface area contributed by atoms with Crippen LogP contribution in [0, 0.1) is 5.82 Å². The van der Waals surface area contributed by atoms with E-state index in [0.717, 1.165) is 17.2 Å². The molecule has 218 valence electrons. The molecule has 11 heteroatoms. The third-order valence-corrected chi connectivity index (χ3v) is 12.8. The van der Waals surface area contributed by atoms with Gasteiger partial charge in [-0.2, -0.15) is 0 Å². The highest BCUT2D eigenvalue weighted by atomic mass is 32.1. The Labute approximate surface area is 246 Å². The fraction of sp³-hybridized carbons (Fsp3) is 0.400. The van der Waals surface area contributed by atoms with Crippen LogP contribution in [-0.4, -0.2) is 41.1 Å². The van der Waals surface area contributed by atoms with Gasteiger partial charge in [-0.1, -0.05) is 39.0 Å². The van der Waals surface area contributed by atoms with Gasteiger partial charge in [0, 0.05) is 17.8 Å². The van der Waals surface area contributed by atoms with Gasteiger partial charge in [0.25, 0.3) is 0 Å². The predicted molar refractivity (Wildman–Crippen MR) is 161 cm³/mol. The first-order chi connectivity index (χ1) is 19.4. The van der Waals surface area contributed by atoms with Gasteiger partial charge in [0.05, 0.1) is 43.8 Å². The molecule has 4 rings (SSSR count). The highest BCUT2D eigenvalue weighted by Gasteiger charge is 2.37. The van der Waals surface area contributed by atoms with E-state index >= 15 is 0 Å². The molecular formula is C30H38FN5O3SSi. The molecule has 0 fully saturated rings. The first-order valence-electron chi connectivity index (χ1n) is 13.6. The second-order valence-electron chi connectivity index (χ2n) is 11.5. The largest absolute Gasteiger partial charge is 0.465 e. The highest BCUT2D eigenvalue weighted by molar-refractivity contribution is 7.09. The van der Waals surface area contributed by atoms with Crippen molar-refractivity contribution in [1.29, 1.82) is 0 Å². The van der Waals surface area contributed by atoms with Crippen LogP contribution in [0.1, 0.15) is 64.6 Å². The predicted octanol–water partition coefficient (Wildman–Crippen LogP) is 6.11. The molecule has 0 saturated heterocycles. The fourth-order valence-corrected chi connectivity index (χ4v) is 5.62. The van der Waals surface area contributed by atoms with Crippen molar-refractivity contribution in [2.45, 2.75) is 71.6 Å². The molecule has 1 aromatic carbocycles. The number of methoxy groups -OCH3 is 1. The number of rotatable bonds is 12. The van der Waals surface area contributed by atoms with Crippen molar-refractivity contribution < 1.29 is 18.3 Å². The zero-order chi connectivity index (χ0) is 29.6. The number of nitrogens with zero attached hydrogens (tertiary/aromatic N) is 4. The normalized spacial score (nSPS) is 12.1. The number of benzene rings is 1. The summed E-state index contributed by atoms with van der Waals surface area (Å²) in [7, 11) is -0.631. The van der Waals surface area contributed by atoms with Gasteiger partial charge in [-0.15, -0.1) is 21.5 Å². The Kier molecular flexibility index (Phi) is 9.85. The van der Waals surface area contributed by atoms with Crippen molar-refractivity contribution in [3.8, 4) is 0 Å². The molecular weight excluding hydrogens is 558 g/mol. The van der Waals surface area contributed by atoms with E-state index in [-0.39, 0.29) is 10.9 Å². The number of aromatic nitrogens is 4. The van der Waals surface area contributed by atoms with E-state index in [9.17, 15) is 9.18 Å². The molecule has 3 heterocycles. The van der Waals surface area contributed by atoms with Gasteiger partial charge in [-0.25, -0.2) is 9.18 Å². The summed E-state index contributed by atoms with van der Waals surface area (Å²) in [6.07, 6.45) is 0.659. The van der Waals surface area contributed by atoms with Crippen LogP contribution in [0.25, 0.3) is 0 Å². The summed E-state index contributed by atoms with van der Waals surface area (Å²) in [6, 6.07) is 14.0. The highest BCUT2D eigenvalue weighted by Crippen LogP contribution is 2.37. The van der Waals surface area contributed by atoms with E-state index in [1.54, 1.807) is 35.6 Å². The Morgan fingerprint density at radius 1 is 1.05 bits per heavy atom. The molecule has 0 atom stereocenters. The molecule has 0 saturated carbocycles. The Bertz CT molecular complexity index is 1450. The first kappa shape index (κ1) is 30.7. The van der Waals surface area contributed by atoms with E-state index in [2.05, 4.69) is 60.0 Å². The minimum absolute atomic E-state index is 0.0591. The molecule has 0 aliphatic carbocycles. The summed E-state index contributed by atoms with van der Waals surface area (Å²) in [5.74, 6) is 0.907. The number of carbonyl (C=O) groups excluding carboxylic acids is 1. The Balaban J connectivity index is 1.51. The topological polar surface area (TPSA) is 91.2 Å². The van der Waals surface area contributed by atoms with E-state index in [1.165, 1.54) is 24.1 Å². The summed E-state index contributed by atoms with van der Waals surface area (Å²) in [4.78, 5) is 18.4. The van der Waals surface area contributed by atoms with Crippen molar-refractivity contribution in [3.05, 3.63) is 98.8 Å². The molecule has 0 spiro atoms. The second kappa shape index (κ2) is 13.2. The molecule has 0 aliphatic rings. The van der Waals surface area contributed by atoms with Gasteiger partial charge in [0.2, 0.25) is 0 Å². The monoisotopic (exact) mass is 595 g/mol. The average molecular weight is 596 g/mol. The molecule has 4 aromatic rings. The molecule has 0 unspecified atom stereocenters. The van der Waals surface area contributed by atoms with Gasteiger partial charge in [0.1, 0.15) is 17.5 Å². The van der Waals surface area contributed by atoms with Crippen LogP contribution >= 0.6 is 11.3 Å². The number of ether oxygens (including phenoxy) is 1. The van der Waals surface area contributed by atoms with Crippen molar-refractivity contribution in [2.24, 2.45) is 0 Å².